The van der Waals surface area contributed by atoms with Gasteiger partial charge in [0.05, 0.1) is 5.56 Å². The molecule has 1 aromatic heterocycles. The van der Waals surface area contributed by atoms with Gasteiger partial charge < -0.3 is 0 Å². The maximum Gasteiger partial charge on any atom is 0.416 e. The first-order chi connectivity index (χ1) is 11.3. The average Bonchev–Trinajstić information content (AvgIpc) is 2.97. The molecule has 0 unspecified atom stereocenters. The van der Waals surface area contributed by atoms with Gasteiger partial charge in [0, 0.05) is 19.8 Å². The fourth-order valence-electron chi connectivity index (χ4n) is 1.60. The van der Waals surface area contributed by atoms with Crippen LogP contribution in [0.25, 0.3) is 0 Å². The van der Waals surface area contributed by atoms with Crippen LogP contribution >= 0.6 is 0 Å². The molecule has 9 nitrogen and oxygen atoms in total. The molecule has 1 aromatic carbocycles. The summed E-state index contributed by atoms with van der Waals surface area (Å²) in [5.74, 6) is 0. The lowest BCUT2D eigenvalue weighted by Gasteiger charge is -2.10. The van der Waals surface area contributed by atoms with Gasteiger partial charge in [-0.05, 0) is 18.2 Å². The van der Waals surface area contributed by atoms with E-state index in [1.165, 1.54) is 14.1 Å². The van der Waals surface area contributed by atoms with E-state index in [0.29, 0.717) is 16.5 Å². The molecule has 0 amide bonds. The molecule has 0 radical (unpaired) electrons. The Bertz CT molecular complexity index is 983. The van der Waals surface area contributed by atoms with Crippen molar-refractivity contribution in [3.8, 4) is 0 Å². The fourth-order valence-corrected chi connectivity index (χ4v) is 3.24. The van der Waals surface area contributed by atoms with Gasteiger partial charge in [-0.3, -0.25) is 4.72 Å². The van der Waals surface area contributed by atoms with E-state index in [-0.39, 0.29) is 5.69 Å². The van der Waals surface area contributed by atoms with E-state index in [9.17, 15) is 30.0 Å². The second-order valence-electron chi connectivity index (χ2n) is 4.87. The third-order valence-corrected chi connectivity index (χ3v) is 5.58. The Morgan fingerprint density at radius 1 is 1.16 bits per heavy atom. The van der Waals surface area contributed by atoms with Crippen LogP contribution < -0.4 is 4.72 Å². The molecular formula is C11H12F3N5O4S2. The number of rotatable bonds is 5. The highest BCUT2D eigenvalue weighted by molar-refractivity contribution is 7.92. The summed E-state index contributed by atoms with van der Waals surface area (Å²) in [6, 6.07) is 3.48. The molecule has 14 heteroatoms. The Morgan fingerprint density at radius 3 is 2.36 bits per heavy atom. The Balaban J connectivity index is 2.34. The standard InChI is InChI=1S/C11H12F3N5O4S2/c1-18(2)25(22,23)19-7-15-10(16-19)24(20,21)17-9-5-3-4-8(6-9)11(12,13)14/h3-7,17H,1-2H3. The van der Waals surface area contributed by atoms with E-state index in [0.717, 1.165) is 22.5 Å². The molecule has 0 spiro atoms. The summed E-state index contributed by atoms with van der Waals surface area (Å²) >= 11 is 0. The number of hydrogen-bond acceptors (Lipinski definition) is 6. The number of aromatic nitrogens is 3. The molecule has 0 aliphatic carbocycles. The number of benzene rings is 1. The Morgan fingerprint density at radius 2 is 1.80 bits per heavy atom. The van der Waals surface area contributed by atoms with Gasteiger partial charge in [0.2, 0.25) is 0 Å². The van der Waals surface area contributed by atoms with Crippen LogP contribution in [-0.4, -0.2) is 49.4 Å². The summed E-state index contributed by atoms with van der Waals surface area (Å²) in [5, 5.41) is 2.44. The molecule has 138 valence electrons. The van der Waals surface area contributed by atoms with Crippen molar-refractivity contribution in [3.63, 3.8) is 0 Å². The third kappa shape index (κ3) is 4.08. The van der Waals surface area contributed by atoms with E-state index < -0.39 is 37.1 Å². The van der Waals surface area contributed by atoms with Crippen molar-refractivity contribution in [1.82, 2.24) is 18.5 Å². The smallest absolute Gasteiger partial charge is 0.277 e. The predicted octanol–water partition coefficient (Wildman–Crippen LogP) is 0.752. The Hall–Kier alpha value is -2.19. The number of anilines is 1. The molecule has 0 aliphatic heterocycles. The topological polar surface area (TPSA) is 114 Å². The highest BCUT2D eigenvalue weighted by atomic mass is 32.2. The number of hydrogen-bond donors (Lipinski definition) is 1. The SMILES string of the molecule is CN(C)S(=O)(=O)n1cnc(S(=O)(=O)Nc2cccc(C(F)(F)F)c2)n1. The lowest BCUT2D eigenvalue weighted by Crippen LogP contribution is -2.29. The normalized spacial score (nSPS) is 13.2. The molecule has 0 saturated heterocycles. The minimum absolute atomic E-state index is 0.327. The Labute approximate surface area is 141 Å². The van der Waals surface area contributed by atoms with Crippen molar-refractivity contribution in [1.29, 1.82) is 0 Å². The zero-order valence-electron chi connectivity index (χ0n) is 12.8. The van der Waals surface area contributed by atoms with Crippen LogP contribution in [0.4, 0.5) is 18.9 Å². The second-order valence-corrected chi connectivity index (χ2v) is 8.45. The maximum absolute atomic E-state index is 12.7. The fraction of sp³-hybridized carbons (Fsp3) is 0.273. The first-order valence-corrected chi connectivity index (χ1v) is 9.27. The molecule has 0 saturated carbocycles. The van der Waals surface area contributed by atoms with Crippen molar-refractivity contribution < 1.29 is 30.0 Å². The van der Waals surface area contributed by atoms with E-state index in [2.05, 4.69) is 10.1 Å². The molecule has 2 aromatic rings. The van der Waals surface area contributed by atoms with Crippen molar-refractivity contribution in [2.75, 3.05) is 18.8 Å². The molecule has 0 fully saturated rings. The molecule has 2 rings (SSSR count). The van der Waals surface area contributed by atoms with Crippen LogP contribution in [0.2, 0.25) is 0 Å². The maximum atomic E-state index is 12.7. The number of sulfonamides is 1. The third-order valence-electron chi connectivity index (χ3n) is 2.83. The van der Waals surface area contributed by atoms with Crippen molar-refractivity contribution >= 4 is 25.9 Å². The lowest BCUT2D eigenvalue weighted by molar-refractivity contribution is -0.137. The van der Waals surface area contributed by atoms with Gasteiger partial charge in [0.25, 0.3) is 15.2 Å². The van der Waals surface area contributed by atoms with Crippen LogP contribution in [-0.2, 0) is 26.4 Å². The van der Waals surface area contributed by atoms with Crippen LogP contribution in [0, 0.1) is 0 Å². The van der Waals surface area contributed by atoms with E-state index >= 15 is 0 Å². The monoisotopic (exact) mass is 399 g/mol. The van der Waals surface area contributed by atoms with Gasteiger partial charge in [-0.25, -0.2) is 4.98 Å². The molecule has 0 atom stereocenters. The van der Waals surface area contributed by atoms with Crippen LogP contribution in [0.3, 0.4) is 0 Å². The Kier molecular flexibility index (Phi) is 4.80. The highest BCUT2D eigenvalue weighted by Gasteiger charge is 2.31. The van der Waals surface area contributed by atoms with Gasteiger partial charge >= 0.3 is 16.4 Å². The summed E-state index contributed by atoms with van der Waals surface area (Å²) in [6.45, 7) is 0. The van der Waals surface area contributed by atoms with Crippen LogP contribution in [0.5, 0.6) is 0 Å². The van der Waals surface area contributed by atoms with E-state index in [1.54, 1.807) is 0 Å². The summed E-state index contributed by atoms with van der Waals surface area (Å²) in [6.07, 6.45) is -3.99. The zero-order valence-corrected chi connectivity index (χ0v) is 14.4. The average molecular weight is 399 g/mol. The molecule has 0 bridgehead atoms. The summed E-state index contributed by atoms with van der Waals surface area (Å²) in [5.41, 5.74) is -1.43. The van der Waals surface area contributed by atoms with Gasteiger partial charge in [0.1, 0.15) is 6.33 Å². The number of nitrogens with one attached hydrogen (secondary N) is 1. The molecule has 0 aliphatic rings. The molecule has 1 heterocycles. The van der Waals surface area contributed by atoms with Crippen molar-refractivity contribution in [2.45, 2.75) is 11.3 Å². The number of alkyl halides is 3. The van der Waals surface area contributed by atoms with Gasteiger partial charge in [-0.15, -0.1) is 9.19 Å². The largest absolute Gasteiger partial charge is 0.416 e. The van der Waals surface area contributed by atoms with Gasteiger partial charge in [0.15, 0.2) is 0 Å². The van der Waals surface area contributed by atoms with Gasteiger partial charge in [-0.2, -0.15) is 34.3 Å². The van der Waals surface area contributed by atoms with Crippen LogP contribution in [0.1, 0.15) is 5.56 Å². The number of halogens is 3. The molecular weight excluding hydrogens is 387 g/mol. The van der Waals surface area contributed by atoms with E-state index in [1.807, 2.05) is 4.72 Å². The number of nitrogens with zero attached hydrogens (tertiary/aromatic N) is 4. The summed E-state index contributed by atoms with van der Waals surface area (Å²) < 4.78 is 88.9. The molecule has 25 heavy (non-hydrogen) atoms. The highest BCUT2D eigenvalue weighted by Crippen LogP contribution is 2.31. The quantitative estimate of drug-likeness (QED) is 0.794. The lowest BCUT2D eigenvalue weighted by atomic mass is 10.2. The van der Waals surface area contributed by atoms with Gasteiger partial charge in [-0.1, -0.05) is 6.07 Å². The second kappa shape index (κ2) is 6.27. The minimum atomic E-state index is -4.65. The van der Waals surface area contributed by atoms with E-state index in [4.69, 9.17) is 0 Å². The summed E-state index contributed by atoms with van der Waals surface area (Å²) in [4.78, 5) is 3.38. The van der Waals surface area contributed by atoms with Crippen LogP contribution in [0.15, 0.2) is 35.7 Å². The van der Waals surface area contributed by atoms with Crippen molar-refractivity contribution in [2.24, 2.45) is 0 Å². The summed E-state index contributed by atoms with van der Waals surface area (Å²) in [7, 11) is -6.16. The zero-order chi connectivity index (χ0) is 19.0. The minimum Gasteiger partial charge on any atom is -0.277 e. The predicted molar refractivity (Wildman–Crippen MR) is 80.3 cm³/mol. The van der Waals surface area contributed by atoms with Crippen molar-refractivity contribution in [3.05, 3.63) is 36.2 Å². The molecule has 1 N–H and O–H groups in total. The first-order valence-electron chi connectivity index (χ1n) is 6.39. The first kappa shape index (κ1) is 19.1.